The molecule has 19 heavy (non-hydrogen) atoms. The van der Waals surface area contributed by atoms with Crippen LogP contribution >= 0.6 is 34.8 Å². The Hall–Kier alpha value is -1.29. The number of halogens is 4. The van der Waals surface area contributed by atoms with E-state index in [-0.39, 0.29) is 21.2 Å². The van der Waals surface area contributed by atoms with Crippen molar-refractivity contribution in [2.75, 3.05) is 0 Å². The molecule has 2 aromatic rings. The van der Waals surface area contributed by atoms with E-state index < -0.39 is 11.8 Å². The topological polar surface area (TPSA) is 37.3 Å². The van der Waals surface area contributed by atoms with E-state index >= 15 is 0 Å². The first-order chi connectivity index (χ1) is 8.90. The van der Waals surface area contributed by atoms with Crippen molar-refractivity contribution < 1.29 is 14.3 Å². The van der Waals surface area contributed by atoms with Crippen LogP contribution in [-0.2, 0) is 0 Å². The molecule has 0 spiro atoms. The standard InChI is InChI=1S/C13H6Cl3FO2/c14-9-2-1-6(3-11(9)16)7-4-10(15)8(13(18)19)5-12(7)17/h1-5H,(H,18,19). The minimum absolute atomic E-state index is 0.0463. The lowest BCUT2D eigenvalue weighted by Crippen LogP contribution is -1.99. The van der Waals surface area contributed by atoms with Crippen LogP contribution in [-0.4, -0.2) is 11.1 Å². The van der Waals surface area contributed by atoms with Gasteiger partial charge in [0.25, 0.3) is 0 Å². The predicted molar refractivity (Wildman–Crippen MR) is 73.8 cm³/mol. The molecule has 2 rings (SSSR count). The van der Waals surface area contributed by atoms with Crippen LogP contribution in [0.15, 0.2) is 30.3 Å². The zero-order valence-corrected chi connectivity index (χ0v) is 11.5. The number of aromatic carboxylic acids is 1. The fourth-order valence-electron chi connectivity index (χ4n) is 1.60. The lowest BCUT2D eigenvalue weighted by Gasteiger charge is -2.08. The van der Waals surface area contributed by atoms with Crippen molar-refractivity contribution in [1.82, 2.24) is 0 Å². The largest absolute Gasteiger partial charge is 0.478 e. The molecular formula is C13H6Cl3FO2. The van der Waals surface area contributed by atoms with Crippen LogP contribution in [0.25, 0.3) is 11.1 Å². The van der Waals surface area contributed by atoms with Gasteiger partial charge in [0.05, 0.1) is 20.6 Å². The summed E-state index contributed by atoms with van der Waals surface area (Å²) in [6, 6.07) is 6.71. The summed E-state index contributed by atoms with van der Waals surface area (Å²) in [5.74, 6) is -1.98. The zero-order chi connectivity index (χ0) is 14.2. The first-order valence-electron chi connectivity index (χ1n) is 5.08. The van der Waals surface area contributed by atoms with E-state index in [1.54, 1.807) is 6.07 Å². The third-order valence-electron chi connectivity index (χ3n) is 2.52. The summed E-state index contributed by atoms with van der Waals surface area (Å²) in [7, 11) is 0. The van der Waals surface area contributed by atoms with Gasteiger partial charge in [-0.1, -0.05) is 40.9 Å². The van der Waals surface area contributed by atoms with Gasteiger partial charge in [-0.2, -0.15) is 0 Å². The normalized spacial score (nSPS) is 10.5. The van der Waals surface area contributed by atoms with Crippen LogP contribution in [0.2, 0.25) is 15.1 Å². The van der Waals surface area contributed by atoms with E-state index in [4.69, 9.17) is 39.9 Å². The average molecular weight is 320 g/mol. The number of carboxylic acid groups (broad SMARTS) is 1. The highest BCUT2D eigenvalue weighted by molar-refractivity contribution is 6.42. The van der Waals surface area contributed by atoms with E-state index in [1.807, 2.05) is 0 Å². The Morgan fingerprint density at radius 3 is 2.26 bits per heavy atom. The SMILES string of the molecule is O=C(O)c1cc(F)c(-c2ccc(Cl)c(Cl)c2)cc1Cl. The van der Waals surface area contributed by atoms with Gasteiger partial charge in [-0.25, -0.2) is 9.18 Å². The van der Waals surface area contributed by atoms with Crippen LogP contribution in [0.5, 0.6) is 0 Å². The van der Waals surface area contributed by atoms with Crippen LogP contribution < -0.4 is 0 Å². The predicted octanol–water partition coefficient (Wildman–Crippen LogP) is 5.15. The summed E-state index contributed by atoms with van der Waals surface area (Å²) < 4.78 is 13.9. The molecule has 2 aromatic carbocycles. The molecule has 0 aromatic heterocycles. The number of hydrogen-bond donors (Lipinski definition) is 1. The van der Waals surface area contributed by atoms with Crippen LogP contribution in [0.4, 0.5) is 4.39 Å². The molecule has 0 fully saturated rings. The van der Waals surface area contributed by atoms with Gasteiger partial charge in [0.15, 0.2) is 0 Å². The maximum atomic E-state index is 13.9. The number of carbonyl (C=O) groups is 1. The quantitative estimate of drug-likeness (QED) is 0.831. The van der Waals surface area contributed by atoms with E-state index in [0.717, 1.165) is 6.07 Å². The molecule has 0 bridgehead atoms. The van der Waals surface area contributed by atoms with Crippen molar-refractivity contribution in [2.24, 2.45) is 0 Å². The number of benzene rings is 2. The second kappa shape index (κ2) is 5.37. The highest BCUT2D eigenvalue weighted by Gasteiger charge is 2.15. The Labute approximate surface area is 123 Å². The van der Waals surface area contributed by atoms with Crippen LogP contribution in [0.1, 0.15) is 10.4 Å². The van der Waals surface area contributed by atoms with Crippen molar-refractivity contribution in [1.29, 1.82) is 0 Å². The fraction of sp³-hybridized carbons (Fsp3) is 0. The highest BCUT2D eigenvalue weighted by atomic mass is 35.5. The van der Waals surface area contributed by atoms with Crippen molar-refractivity contribution in [3.05, 3.63) is 56.8 Å². The van der Waals surface area contributed by atoms with Gasteiger partial charge in [0.2, 0.25) is 0 Å². The van der Waals surface area contributed by atoms with Gasteiger partial charge in [-0.15, -0.1) is 0 Å². The lowest BCUT2D eigenvalue weighted by molar-refractivity contribution is 0.0696. The van der Waals surface area contributed by atoms with Crippen molar-refractivity contribution in [2.45, 2.75) is 0 Å². The number of carboxylic acids is 1. The Kier molecular flexibility index (Phi) is 3.99. The Morgan fingerprint density at radius 1 is 1.00 bits per heavy atom. The smallest absolute Gasteiger partial charge is 0.337 e. The molecule has 6 heteroatoms. The van der Waals surface area contributed by atoms with Gasteiger partial charge in [0.1, 0.15) is 5.82 Å². The maximum Gasteiger partial charge on any atom is 0.337 e. The third-order valence-corrected chi connectivity index (χ3v) is 3.57. The Balaban J connectivity index is 2.60. The molecular weight excluding hydrogens is 313 g/mol. The number of rotatable bonds is 2. The summed E-state index contributed by atoms with van der Waals surface area (Å²) in [5, 5.41) is 9.42. The molecule has 0 heterocycles. The summed E-state index contributed by atoms with van der Waals surface area (Å²) >= 11 is 17.4. The van der Waals surface area contributed by atoms with Gasteiger partial charge in [-0.05, 0) is 29.8 Å². The zero-order valence-electron chi connectivity index (χ0n) is 9.25. The summed E-state index contributed by atoms with van der Waals surface area (Å²) in [5.41, 5.74) is 0.335. The molecule has 2 nitrogen and oxygen atoms in total. The van der Waals surface area contributed by atoms with Gasteiger partial charge in [-0.3, -0.25) is 0 Å². The van der Waals surface area contributed by atoms with Crippen LogP contribution in [0.3, 0.4) is 0 Å². The Bertz CT molecular complexity index is 671. The number of hydrogen-bond acceptors (Lipinski definition) is 1. The third kappa shape index (κ3) is 2.84. The molecule has 0 atom stereocenters. The van der Waals surface area contributed by atoms with E-state index in [1.165, 1.54) is 18.2 Å². The fourth-order valence-corrected chi connectivity index (χ4v) is 2.14. The van der Waals surface area contributed by atoms with Crippen molar-refractivity contribution in [3.8, 4) is 11.1 Å². The maximum absolute atomic E-state index is 13.9. The van der Waals surface area contributed by atoms with Gasteiger partial charge < -0.3 is 5.11 Å². The molecule has 0 saturated carbocycles. The molecule has 0 radical (unpaired) electrons. The van der Waals surface area contributed by atoms with E-state index in [9.17, 15) is 9.18 Å². The molecule has 0 aliphatic carbocycles. The van der Waals surface area contributed by atoms with Crippen molar-refractivity contribution in [3.63, 3.8) is 0 Å². The first-order valence-corrected chi connectivity index (χ1v) is 6.21. The second-order valence-corrected chi connectivity index (χ2v) is 4.97. The average Bonchev–Trinajstić information content (AvgIpc) is 2.35. The Morgan fingerprint density at radius 2 is 1.68 bits per heavy atom. The molecule has 0 aliphatic heterocycles. The second-order valence-electron chi connectivity index (χ2n) is 3.75. The molecule has 98 valence electrons. The molecule has 0 saturated heterocycles. The lowest BCUT2D eigenvalue weighted by atomic mass is 10.0. The molecule has 0 unspecified atom stereocenters. The first kappa shape index (κ1) is 14.1. The molecule has 0 amide bonds. The summed E-state index contributed by atoms with van der Waals surface area (Å²) in [6.45, 7) is 0. The van der Waals surface area contributed by atoms with Crippen molar-refractivity contribution >= 4 is 40.8 Å². The summed E-state index contributed by atoms with van der Waals surface area (Å²) in [6.07, 6.45) is 0. The van der Waals surface area contributed by atoms with Crippen LogP contribution in [0, 0.1) is 5.82 Å². The minimum atomic E-state index is -1.29. The minimum Gasteiger partial charge on any atom is -0.478 e. The highest BCUT2D eigenvalue weighted by Crippen LogP contribution is 2.32. The van der Waals surface area contributed by atoms with Gasteiger partial charge >= 0.3 is 5.97 Å². The van der Waals surface area contributed by atoms with E-state index in [2.05, 4.69) is 0 Å². The summed E-state index contributed by atoms with van der Waals surface area (Å²) in [4.78, 5) is 10.8. The van der Waals surface area contributed by atoms with E-state index in [0.29, 0.717) is 10.6 Å². The van der Waals surface area contributed by atoms with Gasteiger partial charge in [0, 0.05) is 5.56 Å². The molecule has 1 N–H and O–H groups in total. The monoisotopic (exact) mass is 318 g/mol. The molecule has 0 aliphatic rings.